The first-order valence-electron chi connectivity index (χ1n) is 9.99. The second-order valence-corrected chi connectivity index (χ2v) is 7.49. The number of tetrazole rings is 1. The second kappa shape index (κ2) is 8.38. The summed E-state index contributed by atoms with van der Waals surface area (Å²) in [5.41, 5.74) is 7.41. The predicted molar refractivity (Wildman–Crippen MR) is 110 cm³/mol. The van der Waals surface area contributed by atoms with Crippen molar-refractivity contribution in [3.63, 3.8) is 0 Å². The van der Waals surface area contributed by atoms with Crippen LogP contribution >= 0.6 is 0 Å². The van der Waals surface area contributed by atoms with Crippen LogP contribution in [-0.2, 0) is 0 Å². The molecule has 4 rings (SSSR count). The quantitative estimate of drug-likeness (QED) is 0.533. The maximum atomic E-state index is 12.4. The normalized spacial score (nSPS) is 15.1. The van der Waals surface area contributed by atoms with Gasteiger partial charge in [0.25, 0.3) is 5.91 Å². The Labute approximate surface area is 169 Å². The van der Waals surface area contributed by atoms with Crippen LogP contribution in [0.3, 0.4) is 0 Å². The Hall–Kier alpha value is -3.29. The van der Waals surface area contributed by atoms with Crippen LogP contribution in [0.1, 0.15) is 65.5 Å². The van der Waals surface area contributed by atoms with E-state index in [0.717, 1.165) is 11.3 Å². The van der Waals surface area contributed by atoms with Crippen LogP contribution in [0, 0.1) is 13.8 Å². The first-order chi connectivity index (χ1) is 14.1. The van der Waals surface area contributed by atoms with Crippen molar-refractivity contribution in [2.45, 2.75) is 52.0 Å². The van der Waals surface area contributed by atoms with Crippen LogP contribution in [-0.4, -0.2) is 36.9 Å². The van der Waals surface area contributed by atoms with E-state index in [4.69, 9.17) is 0 Å². The maximum absolute atomic E-state index is 12.4. The maximum Gasteiger partial charge on any atom is 0.271 e. The zero-order valence-corrected chi connectivity index (χ0v) is 16.7. The third kappa shape index (κ3) is 4.11. The van der Waals surface area contributed by atoms with Gasteiger partial charge in [0, 0.05) is 28.6 Å². The van der Waals surface area contributed by atoms with Crippen LogP contribution in [0.5, 0.6) is 0 Å². The van der Waals surface area contributed by atoms with Crippen molar-refractivity contribution in [1.82, 2.24) is 30.2 Å². The molecule has 0 bridgehead atoms. The summed E-state index contributed by atoms with van der Waals surface area (Å²) in [4.78, 5) is 12.4. The fourth-order valence-corrected chi connectivity index (χ4v) is 4.10. The van der Waals surface area contributed by atoms with Gasteiger partial charge in [0.2, 0.25) is 0 Å². The number of hydrazone groups is 1. The highest BCUT2D eigenvalue weighted by Gasteiger charge is 2.19. The minimum Gasteiger partial charge on any atom is -0.345 e. The predicted octanol–water partition coefficient (Wildman–Crippen LogP) is 3.35. The number of benzene rings is 1. The first-order valence-corrected chi connectivity index (χ1v) is 9.99. The van der Waals surface area contributed by atoms with Crippen molar-refractivity contribution in [2.75, 3.05) is 0 Å². The molecule has 1 N–H and O–H groups in total. The molecule has 0 aliphatic heterocycles. The van der Waals surface area contributed by atoms with Gasteiger partial charge in [-0.2, -0.15) is 5.10 Å². The molecule has 8 heteroatoms. The summed E-state index contributed by atoms with van der Waals surface area (Å²) >= 11 is 0. The highest BCUT2D eigenvalue weighted by Crippen LogP contribution is 2.31. The minimum atomic E-state index is -0.259. The van der Waals surface area contributed by atoms with Gasteiger partial charge in [-0.3, -0.25) is 4.79 Å². The number of rotatable bonds is 5. The number of aromatic nitrogens is 5. The summed E-state index contributed by atoms with van der Waals surface area (Å²) in [5, 5.41) is 15.2. The molecular formula is C21H25N7O. The van der Waals surface area contributed by atoms with E-state index in [1.54, 1.807) is 30.5 Å². The summed E-state index contributed by atoms with van der Waals surface area (Å²) in [5.74, 6) is -0.259. The summed E-state index contributed by atoms with van der Waals surface area (Å²) in [6, 6.07) is 9.73. The number of carbonyl (C=O) groups is 1. The molecule has 0 unspecified atom stereocenters. The van der Waals surface area contributed by atoms with Crippen molar-refractivity contribution < 1.29 is 4.79 Å². The van der Waals surface area contributed by atoms with E-state index in [1.165, 1.54) is 54.5 Å². The van der Waals surface area contributed by atoms with Gasteiger partial charge >= 0.3 is 0 Å². The van der Waals surface area contributed by atoms with E-state index >= 15 is 0 Å². The van der Waals surface area contributed by atoms with Crippen LogP contribution in [0.25, 0.3) is 5.69 Å². The molecule has 1 aromatic carbocycles. The molecule has 0 saturated heterocycles. The SMILES string of the molecule is Cc1cc(/C=N\NC(=O)c2ccc(-n3cnnn3)cc2)c(C)n1C1CCCCC1. The number of hydrogen-bond donors (Lipinski definition) is 1. The van der Waals surface area contributed by atoms with Gasteiger partial charge in [-0.1, -0.05) is 19.3 Å². The largest absolute Gasteiger partial charge is 0.345 e. The molecule has 1 saturated carbocycles. The van der Waals surface area contributed by atoms with Gasteiger partial charge in [-0.15, -0.1) is 5.10 Å². The number of nitrogens with zero attached hydrogens (tertiary/aromatic N) is 6. The minimum absolute atomic E-state index is 0.259. The molecule has 1 fully saturated rings. The fourth-order valence-electron chi connectivity index (χ4n) is 4.10. The average Bonchev–Trinajstić information content (AvgIpc) is 3.37. The summed E-state index contributed by atoms with van der Waals surface area (Å²) < 4.78 is 3.96. The smallest absolute Gasteiger partial charge is 0.271 e. The van der Waals surface area contributed by atoms with Crippen LogP contribution in [0.15, 0.2) is 41.8 Å². The Morgan fingerprint density at radius 3 is 2.62 bits per heavy atom. The molecule has 0 radical (unpaired) electrons. The third-order valence-electron chi connectivity index (χ3n) is 5.58. The number of aryl methyl sites for hydroxylation is 1. The number of carbonyl (C=O) groups excluding carboxylic acids is 1. The highest BCUT2D eigenvalue weighted by atomic mass is 16.2. The van der Waals surface area contributed by atoms with Gasteiger partial charge in [-0.05, 0) is 67.4 Å². The zero-order valence-electron chi connectivity index (χ0n) is 16.7. The molecule has 29 heavy (non-hydrogen) atoms. The van der Waals surface area contributed by atoms with E-state index in [2.05, 4.69) is 50.5 Å². The van der Waals surface area contributed by atoms with Crippen molar-refractivity contribution in [2.24, 2.45) is 5.10 Å². The highest BCUT2D eigenvalue weighted by molar-refractivity contribution is 5.95. The van der Waals surface area contributed by atoms with Crippen molar-refractivity contribution in [1.29, 1.82) is 0 Å². The summed E-state index contributed by atoms with van der Waals surface area (Å²) in [7, 11) is 0. The topological polar surface area (TPSA) is 90.0 Å². The van der Waals surface area contributed by atoms with Gasteiger partial charge in [0.15, 0.2) is 0 Å². The Morgan fingerprint density at radius 2 is 1.93 bits per heavy atom. The van der Waals surface area contributed by atoms with Gasteiger partial charge in [-0.25, -0.2) is 10.1 Å². The number of hydrogen-bond acceptors (Lipinski definition) is 5. The molecule has 2 aromatic heterocycles. The number of amides is 1. The number of nitrogens with one attached hydrogen (secondary N) is 1. The average molecular weight is 391 g/mol. The van der Waals surface area contributed by atoms with E-state index in [0.29, 0.717) is 11.6 Å². The first kappa shape index (κ1) is 19.0. The summed E-state index contributed by atoms with van der Waals surface area (Å²) in [6.07, 6.45) is 9.65. The van der Waals surface area contributed by atoms with Crippen LogP contribution in [0.2, 0.25) is 0 Å². The van der Waals surface area contributed by atoms with Crippen LogP contribution < -0.4 is 5.43 Å². The Morgan fingerprint density at radius 1 is 1.17 bits per heavy atom. The van der Waals surface area contributed by atoms with Crippen molar-refractivity contribution in [3.8, 4) is 5.69 Å². The molecular weight excluding hydrogens is 366 g/mol. The third-order valence-corrected chi connectivity index (χ3v) is 5.58. The lowest BCUT2D eigenvalue weighted by Gasteiger charge is -2.26. The molecule has 0 atom stereocenters. The molecule has 1 aliphatic carbocycles. The molecule has 8 nitrogen and oxygen atoms in total. The Balaban J connectivity index is 1.41. The van der Waals surface area contributed by atoms with E-state index in [1.807, 2.05) is 0 Å². The van der Waals surface area contributed by atoms with Gasteiger partial charge in [0.05, 0.1) is 11.9 Å². The molecule has 3 aromatic rings. The molecule has 0 spiro atoms. The van der Waals surface area contributed by atoms with Crippen LogP contribution in [0.4, 0.5) is 0 Å². The molecule has 2 heterocycles. The van der Waals surface area contributed by atoms with E-state index in [-0.39, 0.29) is 5.91 Å². The Bertz CT molecular complexity index is 997. The Kier molecular flexibility index (Phi) is 5.50. The zero-order chi connectivity index (χ0) is 20.2. The molecule has 1 amide bonds. The van der Waals surface area contributed by atoms with E-state index < -0.39 is 0 Å². The van der Waals surface area contributed by atoms with Crippen molar-refractivity contribution >= 4 is 12.1 Å². The van der Waals surface area contributed by atoms with E-state index in [9.17, 15) is 4.79 Å². The second-order valence-electron chi connectivity index (χ2n) is 7.49. The standard InChI is InChI=1S/C21H25N7O/c1-15-12-18(16(2)28(15)20-6-4-3-5-7-20)13-22-24-21(29)17-8-10-19(11-9-17)27-14-23-25-26-27/h8-14,20H,3-7H2,1-2H3,(H,24,29)/b22-13-. The summed E-state index contributed by atoms with van der Waals surface area (Å²) in [6.45, 7) is 4.27. The van der Waals surface area contributed by atoms with Gasteiger partial charge < -0.3 is 4.57 Å². The monoisotopic (exact) mass is 391 g/mol. The lowest BCUT2D eigenvalue weighted by Crippen LogP contribution is -2.18. The van der Waals surface area contributed by atoms with Gasteiger partial charge in [0.1, 0.15) is 6.33 Å². The molecule has 150 valence electrons. The fraction of sp³-hybridized carbons (Fsp3) is 0.381. The lowest BCUT2D eigenvalue weighted by atomic mass is 9.95. The molecule has 1 aliphatic rings. The van der Waals surface area contributed by atoms with Crippen molar-refractivity contribution in [3.05, 3.63) is 59.2 Å². The lowest BCUT2D eigenvalue weighted by molar-refractivity contribution is 0.0955.